The van der Waals surface area contributed by atoms with E-state index in [9.17, 15) is 9.59 Å². The largest absolute Gasteiger partial charge is 0.496 e. The molecule has 2 N–H and O–H groups in total. The fourth-order valence-electron chi connectivity index (χ4n) is 2.18. The molecule has 0 aromatic heterocycles. The molecule has 0 spiro atoms. The quantitative estimate of drug-likeness (QED) is 0.741. The third-order valence-electron chi connectivity index (χ3n) is 3.47. The van der Waals surface area contributed by atoms with Gasteiger partial charge in [-0.3, -0.25) is 4.79 Å². The van der Waals surface area contributed by atoms with Crippen LogP contribution in [0, 0.1) is 0 Å². The number of halogens is 1. The Morgan fingerprint density at radius 1 is 1.12 bits per heavy atom. The van der Waals surface area contributed by atoms with E-state index in [1.54, 1.807) is 30.3 Å². The van der Waals surface area contributed by atoms with Gasteiger partial charge in [-0.1, -0.05) is 29.8 Å². The van der Waals surface area contributed by atoms with Gasteiger partial charge in [0.15, 0.2) is 0 Å². The predicted molar refractivity (Wildman–Crippen MR) is 96.1 cm³/mol. The van der Waals surface area contributed by atoms with Crippen LogP contribution in [0.25, 0.3) is 0 Å². The third-order valence-corrected chi connectivity index (χ3v) is 3.80. The zero-order valence-electron chi connectivity index (χ0n) is 14.0. The van der Waals surface area contributed by atoms with E-state index >= 15 is 0 Å². The number of nitrogens with one attached hydrogen (secondary N) is 2. The molecule has 0 saturated carbocycles. The van der Waals surface area contributed by atoms with Crippen LogP contribution in [0.1, 0.15) is 15.9 Å². The summed E-state index contributed by atoms with van der Waals surface area (Å²) in [6.07, 6.45) is 0. The van der Waals surface area contributed by atoms with Crippen LogP contribution in [0.3, 0.4) is 0 Å². The van der Waals surface area contributed by atoms with E-state index in [1.165, 1.54) is 14.2 Å². The molecule has 0 fully saturated rings. The van der Waals surface area contributed by atoms with E-state index in [-0.39, 0.29) is 19.0 Å². The van der Waals surface area contributed by atoms with Gasteiger partial charge in [0.25, 0.3) is 0 Å². The van der Waals surface area contributed by atoms with Gasteiger partial charge in [-0.15, -0.1) is 0 Å². The summed E-state index contributed by atoms with van der Waals surface area (Å²) in [5.74, 6) is -0.275. The lowest BCUT2D eigenvalue weighted by molar-refractivity contribution is -0.119. The first-order chi connectivity index (χ1) is 12.0. The number of para-hydroxylation sites is 1. The van der Waals surface area contributed by atoms with Gasteiger partial charge in [0, 0.05) is 6.54 Å². The Morgan fingerprint density at radius 2 is 1.88 bits per heavy atom. The maximum absolute atomic E-state index is 12.0. The highest BCUT2D eigenvalue weighted by molar-refractivity contribution is 6.33. The molecule has 0 aliphatic rings. The van der Waals surface area contributed by atoms with Crippen LogP contribution in [0.4, 0.5) is 5.69 Å². The minimum atomic E-state index is -0.495. The molecule has 2 aromatic rings. The highest BCUT2D eigenvalue weighted by atomic mass is 35.5. The molecule has 7 heteroatoms. The van der Waals surface area contributed by atoms with Gasteiger partial charge in [0.05, 0.1) is 31.5 Å². The number of hydrogen-bond donors (Lipinski definition) is 2. The minimum Gasteiger partial charge on any atom is -0.496 e. The lowest BCUT2D eigenvalue weighted by Gasteiger charge is -2.11. The zero-order valence-corrected chi connectivity index (χ0v) is 14.7. The third kappa shape index (κ3) is 5.12. The van der Waals surface area contributed by atoms with Crippen LogP contribution in [-0.4, -0.2) is 32.6 Å². The molecule has 0 heterocycles. The summed E-state index contributed by atoms with van der Waals surface area (Å²) >= 11 is 6.02. The van der Waals surface area contributed by atoms with Crippen LogP contribution >= 0.6 is 11.6 Å². The average Bonchev–Trinajstić information content (AvgIpc) is 2.64. The Morgan fingerprint density at radius 3 is 2.56 bits per heavy atom. The summed E-state index contributed by atoms with van der Waals surface area (Å²) in [6.45, 7) is 0.362. The number of esters is 1. The van der Waals surface area contributed by atoms with Crippen molar-refractivity contribution in [2.45, 2.75) is 6.54 Å². The molecule has 132 valence electrons. The zero-order chi connectivity index (χ0) is 18.2. The first-order valence-electron chi connectivity index (χ1n) is 7.55. The number of rotatable bonds is 7. The fourth-order valence-corrected chi connectivity index (χ4v) is 2.38. The smallest absolute Gasteiger partial charge is 0.341 e. The highest BCUT2D eigenvalue weighted by Crippen LogP contribution is 2.21. The molecule has 0 radical (unpaired) electrons. The minimum absolute atomic E-state index is 0.0871. The topological polar surface area (TPSA) is 76.7 Å². The van der Waals surface area contributed by atoms with Crippen molar-refractivity contribution in [1.82, 2.24) is 5.32 Å². The van der Waals surface area contributed by atoms with Crippen molar-refractivity contribution in [3.63, 3.8) is 0 Å². The fraction of sp³-hybridized carbons (Fsp3) is 0.222. The second-order valence-corrected chi connectivity index (χ2v) is 5.54. The molecule has 1 amide bonds. The van der Waals surface area contributed by atoms with Crippen LogP contribution < -0.4 is 15.4 Å². The van der Waals surface area contributed by atoms with Gasteiger partial charge < -0.3 is 20.1 Å². The molecular weight excluding hydrogens is 344 g/mol. The maximum atomic E-state index is 12.0. The first kappa shape index (κ1) is 18.6. The molecule has 2 aromatic carbocycles. The van der Waals surface area contributed by atoms with Gasteiger partial charge in [-0.2, -0.15) is 0 Å². The van der Waals surface area contributed by atoms with Gasteiger partial charge in [-0.25, -0.2) is 4.79 Å². The van der Waals surface area contributed by atoms with Gasteiger partial charge in [0.1, 0.15) is 11.3 Å². The van der Waals surface area contributed by atoms with E-state index < -0.39 is 5.97 Å². The summed E-state index contributed by atoms with van der Waals surface area (Å²) in [7, 11) is 2.78. The summed E-state index contributed by atoms with van der Waals surface area (Å²) in [5.41, 5.74) is 1.76. The van der Waals surface area contributed by atoms with Crippen LogP contribution in [0.15, 0.2) is 42.5 Å². The van der Waals surface area contributed by atoms with E-state index in [0.29, 0.717) is 22.0 Å². The number of hydrogen-bond acceptors (Lipinski definition) is 5. The van der Waals surface area contributed by atoms with Crippen LogP contribution in [-0.2, 0) is 16.1 Å². The number of amides is 1. The number of anilines is 1. The second kappa shape index (κ2) is 8.94. The average molecular weight is 363 g/mol. The standard InChI is InChI=1S/C18H19ClN2O4/c1-24-16-8-7-12(9-13(16)18(23)25-2)10-21-17(22)11-20-15-6-4-3-5-14(15)19/h3-9,20H,10-11H2,1-2H3,(H,21,22). The Hall–Kier alpha value is -2.73. The van der Waals surface area contributed by atoms with Crippen molar-refractivity contribution in [1.29, 1.82) is 0 Å². The van der Waals surface area contributed by atoms with Crippen molar-refractivity contribution >= 4 is 29.2 Å². The number of methoxy groups -OCH3 is 2. The van der Waals surface area contributed by atoms with Crippen molar-refractivity contribution in [2.24, 2.45) is 0 Å². The van der Waals surface area contributed by atoms with Gasteiger partial charge in [0.2, 0.25) is 5.91 Å². The monoisotopic (exact) mass is 362 g/mol. The summed E-state index contributed by atoms with van der Waals surface area (Å²) in [6, 6.07) is 12.2. The van der Waals surface area contributed by atoms with Crippen LogP contribution in [0.2, 0.25) is 5.02 Å². The number of carbonyl (C=O) groups excluding carboxylic acids is 2. The Labute approximate surface area is 151 Å². The van der Waals surface area contributed by atoms with E-state index in [0.717, 1.165) is 5.56 Å². The molecule has 6 nitrogen and oxygen atoms in total. The molecule has 0 aliphatic carbocycles. The molecule has 0 aliphatic heterocycles. The SMILES string of the molecule is COC(=O)c1cc(CNC(=O)CNc2ccccc2Cl)ccc1OC. The van der Waals surface area contributed by atoms with Gasteiger partial charge in [-0.05, 0) is 29.8 Å². The first-order valence-corrected chi connectivity index (χ1v) is 7.93. The van der Waals surface area contributed by atoms with Crippen molar-refractivity contribution in [2.75, 3.05) is 26.1 Å². The molecular formula is C18H19ClN2O4. The molecule has 0 saturated heterocycles. The van der Waals surface area contributed by atoms with Gasteiger partial charge >= 0.3 is 5.97 Å². The van der Waals surface area contributed by atoms with E-state index in [2.05, 4.69) is 10.6 Å². The molecule has 0 bridgehead atoms. The summed E-state index contributed by atoms with van der Waals surface area (Å²) in [4.78, 5) is 23.7. The van der Waals surface area contributed by atoms with E-state index in [1.807, 2.05) is 12.1 Å². The van der Waals surface area contributed by atoms with Crippen molar-refractivity contribution in [3.8, 4) is 5.75 Å². The second-order valence-electron chi connectivity index (χ2n) is 5.14. The maximum Gasteiger partial charge on any atom is 0.341 e. The van der Waals surface area contributed by atoms with Crippen LogP contribution in [0.5, 0.6) is 5.75 Å². The normalized spacial score (nSPS) is 10.0. The predicted octanol–water partition coefficient (Wildman–Crippen LogP) is 2.86. The highest BCUT2D eigenvalue weighted by Gasteiger charge is 2.13. The number of ether oxygens (including phenoxy) is 2. The Kier molecular flexibility index (Phi) is 6.65. The van der Waals surface area contributed by atoms with Crippen molar-refractivity contribution in [3.05, 3.63) is 58.6 Å². The molecule has 0 unspecified atom stereocenters. The molecule has 25 heavy (non-hydrogen) atoms. The molecule has 2 rings (SSSR count). The lowest BCUT2D eigenvalue weighted by Crippen LogP contribution is -2.29. The summed E-state index contributed by atoms with van der Waals surface area (Å²) in [5, 5.41) is 6.29. The Balaban J connectivity index is 1.93. The number of benzene rings is 2. The van der Waals surface area contributed by atoms with Crippen molar-refractivity contribution < 1.29 is 19.1 Å². The number of carbonyl (C=O) groups is 2. The van der Waals surface area contributed by atoms with E-state index in [4.69, 9.17) is 21.1 Å². The summed E-state index contributed by atoms with van der Waals surface area (Å²) < 4.78 is 9.87. The lowest BCUT2D eigenvalue weighted by atomic mass is 10.1. The molecule has 0 atom stereocenters. The Bertz CT molecular complexity index is 764.